The van der Waals surface area contributed by atoms with Crippen LogP contribution >= 0.6 is 11.3 Å². The fourth-order valence-corrected chi connectivity index (χ4v) is 2.34. The molecule has 0 aliphatic heterocycles. The van der Waals surface area contributed by atoms with Crippen LogP contribution in [0.15, 0.2) is 23.6 Å². The Balaban J connectivity index is 2.17. The van der Waals surface area contributed by atoms with Crippen LogP contribution in [0.4, 0.5) is 5.95 Å². The van der Waals surface area contributed by atoms with Crippen LogP contribution in [0.3, 0.4) is 0 Å². The van der Waals surface area contributed by atoms with Crippen molar-refractivity contribution in [1.82, 2.24) is 9.97 Å². The van der Waals surface area contributed by atoms with Crippen LogP contribution in [0.25, 0.3) is 0 Å². The summed E-state index contributed by atoms with van der Waals surface area (Å²) in [5.41, 5.74) is 2.03. The molecule has 0 saturated heterocycles. The number of aryl methyl sites for hydroxylation is 2. The van der Waals surface area contributed by atoms with Gasteiger partial charge in [-0.1, -0.05) is 6.07 Å². The summed E-state index contributed by atoms with van der Waals surface area (Å²) in [5, 5.41) is 2.09. The van der Waals surface area contributed by atoms with Crippen molar-refractivity contribution >= 4 is 17.3 Å². The van der Waals surface area contributed by atoms with Gasteiger partial charge in [-0.3, -0.25) is 0 Å². The van der Waals surface area contributed by atoms with Gasteiger partial charge >= 0.3 is 0 Å². The first kappa shape index (κ1) is 11.1. The van der Waals surface area contributed by atoms with E-state index in [0.717, 1.165) is 23.9 Å². The Morgan fingerprint density at radius 2 is 1.94 bits per heavy atom. The minimum atomic E-state index is 0.797. The van der Waals surface area contributed by atoms with Crippen molar-refractivity contribution in [2.24, 2.45) is 0 Å². The molecule has 0 saturated carbocycles. The number of thiophene rings is 1. The van der Waals surface area contributed by atoms with Gasteiger partial charge in [0.05, 0.1) is 6.54 Å². The summed E-state index contributed by atoms with van der Waals surface area (Å²) >= 11 is 1.76. The molecule has 84 valence electrons. The van der Waals surface area contributed by atoms with Gasteiger partial charge in [0.25, 0.3) is 0 Å². The topological polar surface area (TPSA) is 29.0 Å². The van der Waals surface area contributed by atoms with Crippen LogP contribution in [0, 0.1) is 13.8 Å². The van der Waals surface area contributed by atoms with E-state index in [2.05, 4.69) is 32.4 Å². The third-order valence-corrected chi connectivity index (χ3v) is 3.15. The molecular formula is C12H15N3S. The van der Waals surface area contributed by atoms with Crippen molar-refractivity contribution in [2.45, 2.75) is 20.4 Å². The van der Waals surface area contributed by atoms with Gasteiger partial charge in [-0.2, -0.15) is 0 Å². The fourth-order valence-electron chi connectivity index (χ4n) is 1.59. The molecule has 0 bridgehead atoms. The maximum absolute atomic E-state index is 4.43. The number of aromatic nitrogens is 2. The molecule has 4 heteroatoms. The number of rotatable bonds is 3. The normalized spacial score (nSPS) is 10.4. The number of hydrogen-bond donors (Lipinski definition) is 0. The van der Waals surface area contributed by atoms with Crippen molar-refractivity contribution in [3.05, 3.63) is 39.8 Å². The second kappa shape index (κ2) is 4.61. The molecule has 0 spiro atoms. The summed E-state index contributed by atoms with van der Waals surface area (Å²) in [6.45, 7) is 4.86. The second-order valence-electron chi connectivity index (χ2n) is 3.89. The molecule has 2 aromatic heterocycles. The van der Waals surface area contributed by atoms with Crippen LogP contribution < -0.4 is 4.90 Å². The molecule has 0 amide bonds. The summed E-state index contributed by atoms with van der Waals surface area (Å²) in [7, 11) is 2.02. The third-order valence-electron chi connectivity index (χ3n) is 2.29. The van der Waals surface area contributed by atoms with Gasteiger partial charge in [0.15, 0.2) is 0 Å². The Labute approximate surface area is 99.8 Å². The highest BCUT2D eigenvalue weighted by Gasteiger charge is 2.06. The number of hydrogen-bond acceptors (Lipinski definition) is 4. The highest BCUT2D eigenvalue weighted by atomic mass is 32.1. The van der Waals surface area contributed by atoms with Crippen LogP contribution in [-0.2, 0) is 6.54 Å². The molecule has 0 N–H and O–H groups in total. The Morgan fingerprint density at radius 1 is 1.25 bits per heavy atom. The largest absolute Gasteiger partial charge is 0.339 e. The van der Waals surface area contributed by atoms with Gasteiger partial charge in [0, 0.05) is 23.3 Å². The molecule has 16 heavy (non-hydrogen) atoms. The standard InChI is InChI=1S/C12H15N3S/c1-9-7-10(2)14-12(13-9)15(3)8-11-5-4-6-16-11/h4-7H,8H2,1-3H3. The highest BCUT2D eigenvalue weighted by molar-refractivity contribution is 7.09. The lowest BCUT2D eigenvalue weighted by Crippen LogP contribution is -2.19. The van der Waals surface area contributed by atoms with E-state index in [1.807, 2.05) is 27.0 Å². The molecule has 3 nitrogen and oxygen atoms in total. The van der Waals surface area contributed by atoms with Crippen LogP contribution in [-0.4, -0.2) is 17.0 Å². The van der Waals surface area contributed by atoms with E-state index in [0.29, 0.717) is 0 Å². The predicted octanol–water partition coefficient (Wildman–Crippen LogP) is 2.79. The first-order chi connectivity index (χ1) is 7.65. The molecule has 0 atom stereocenters. The average Bonchev–Trinajstić information content (AvgIpc) is 2.68. The lowest BCUT2D eigenvalue weighted by molar-refractivity contribution is 0.861. The summed E-state index contributed by atoms with van der Waals surface area (Å²) in [6.07, 6.45) is 0. The molecule has 0 aliphatic carbocycles. The molecule has 0 radical (unpaired) electrons. The predicted molar refractivity (Wildman–Crippen MR) is 67.9 cm³/mol. The molecule has 0 unspecified atom stereocenters. The van der Waals surface area contributed by atoms with Gasteiger partial charge in [0.2, 0.25) is 5.95 Å². The minimum Gasteiger partial charge on any atom is -0.339 e. The minimum absolute atomic E-state index is 0.797. The van der Waals surface area contributed by atoms with Crippen molar-refractivity contribution in [3.63, 3.8) is 0 Å². The van der Waals surface area contributed by atoms with Gasteiger partial charge < -0.3 is 4.90 Å². The first-order valence-electron chi connectivity index (χ1n) is 5.21. The Kier molecular flexibility index (Phi) is 3.19. The number of nitrogens with zero attached hydrogens (tertiary/aromatic N) is 3. The monoisotopic (exact) mass is 233 g/mol. The smallest absolute Gasteiger partial charge is 0.225 e. The van der Waals surface area contributed by atoms with Crippen molar-refractivity contribution in [2.75, 3.05) is 11.9 Å². The molecule has 2 aromatic rings. The van der Waals surface area contributed by atoms with Gasteiger partial charge in [0.1, 0.15) is 0 Å². The molecule has 0 aromatic carbocycles. The third kappa shape index (κ3) is 2.58. The maximum atomic E-state index is 4.43. The van der Waals surface area contributed by atoms with Crippen LogP contribution in [0.5, 0.6) is 0 Å². The van der Waals surface area contributed by atoms with Crippen LogP contribution in [0.2, 0.25) is 0 Å². The van der Waals surface area contributed by atoms with Gasteiger partial charge in [-0.15, -0.1) is 11.3 Å². The SMILES string of the molecule is Cc1cc(C)nc(N(C)Cc2cccs2)n1. The lowest BCUT2D eigenvalue weighted by Gasteiger charge is -2.16. The van der Waals surface area contributed by atoms with E-state index in [4.69, 9.17) is 0 Å². The zero-order chi connectivity index (χ0) is 11.5. The molecule has 2 rings (SSSR count). The fraction of sp³-hybridized carbons (Fsp3) is 0.333. The Morgan fingerprint density at radius 3 is 2.50 bits per heavy atom. The first-order valence-corrected chi connectivity index (χ1v) is 6.09. The Bertz CT molecular complexity index is 445. The number of anilines is 1. The molecule has 0 fully saturated rings. The summed E-state index contributed by atoms with van der Waals surface area (Å²) in [4.78, 5) is 12.3. The average molecular weight is 233 g/mol. The quantitative estimate of drug-likeness (QED) is 0.816. The summed E-state index contributed by atoms with van der Waals surface area (Å²) in [5.74, 6) is 0.797. The molecular weight excluding hydrogens is 218 g/mol. The Hall–Kier alpha value is -1.42. The van der Waals surface area contributed by atoms with E-state index in [1.54, 1.807) is 11.3 Å². The van der Waals surface area contributed by atoms with E-state index in [-0.39, 0.29) is 0 Å². The van der Waals surface area contributed by atoms with Crippen molar-refractivity contribution < 1.29 is 0 Å². The van der Waals surface area contributed by atoms with E-state index in [1.165, 1.54) is 4.88 Å². The van der Waals surface area contributed by atoms with E-state index >= 15 is 0 Å². The van der Waals surface area contributed by atoms with Gasteiger partial charge in [-0.05, 0) is 31.4 Å². The summed E-state index contributed by atoms with van der Waals surface area (Å²) < 4.78 is 0. The lowest BCUT2D eigenvalue weighted by atomic mass is 10.3. The highest BCUT2D eigenvalue weighted by Crippen LogP contribution is 2.15. The molecule has 2 heterocycles. The van der Waals surface area contributed by atoms with E-state index in [9.17, 15) is 0 Å². The van der Waals surface area contributed by atoms with Crippen molar-refractivity contribution in [1.29, 1.82) is 0 Å². The van der Waals surface area contributed by atoms with Gasteiger partial charge in [-0.25, -0.2) is 9.97 Å². The van der Waals surface area contributed by atoms with E-state index < -0.39 is 0 Å². The molecule has 0 aliphatic rings. The maximum Gasteiger partial charge on any atom is 0.225 e. The zero-order valence-corrected chi connectivity index (χ0v) is 10.6. The van der Waals surface area contributed by atoms with Crippen molar-refractivity contribution in [3.8, 4) is 0 Å². The summed E-state index contributed by atoms with van der Waals surface area (Å²) in [6, 6.07) is 6.18. The zero-order valence-electron chi connectivity index (χ0n) is 9.77. The van der Waals surface area contributed by atoms with Crippen LogP contribution in [0.1, 0.15) is 16.3 Å². The second-order valence-corrected chi connectivity index (χ2v) is 4.92.